The van der Waals surface area contributed by atoms with E-state index in [0.717, 1.165) is 0 Å². The molecule has 2 atom stereocenters. The lowest BCUT2D eigenvalue weighted by atomic mass is 10.2. The van der Waals surface area contributed by atoms with Gasteiger partial charge < -0.3 is 9.47 Å². The number of carbonyl (C=O) groups is 2. The molecule has 1 aliphatic rings. The van der Waals surface area contributed by atoms with E-state index in [1.54, 1.807) is 26.8 Å². The van der Waals surface area contributed by atoms with E-state index in [1.165, 1.54) is 12.0 Å². The molecule has 0 bridgehead atoms. The normalized spacial score (nSPS) is 23.7. The van der Waals surface area contributed by atoms with Crippen LogP contribution < -0.4 is 0 Å². The van der Waals surface area contributed by atoms with Crippen molar-refractivity contribution in [3.05, 3.63) is 12.7 Å². The highest BCUT2D eigenvalue weighted by atomic mass is 16.6. The maximum absolute atomic E-state index is 12.1. The summed E-state index contributed by atoms with van der Waals surface area (Å²) in [5.74, 6) is -0.412. The monoisotopic (exact) mass is 255 g/mol. The first-order valence-electron chi connectivity index (χ1n) is 6.02. The second kappa shape index (κ2) is 5.42. The van der Waals surface area contributed by atoms with Crippen LogP contribution in [0.2, 0.25) is 0 Å². The number of esters is 1. The van der Waals surface area contributed by atoms with E-state index in [0.29, 0.717) is 12.8 Å². The van der Waals surface area contributed by atoms with E-state index in [4.69, 9.17) is 9.47 Å². The van der Waals surface area contributed by atoms with Crippen LogP contribution >= 0.6 is 0 Å². The van der Waals surface area contributed by atoms with Gasteiger partial charge in [0.2, 0.25) is 0 Å². The minimum Gasteiger partial charge on any atom is -0.467 e. The van der Waals surface area contributed by atoms with Crippen LogP contribution in [0.3, 0.4) is 0 Å². The van der Waals surface area contributed by atoms with Crippen molar-refractivity contribution in [3.63, 3.8) is 0 Å². The Kier molecular flexibility index (Phi) is 4.38. The Bertz CT molecular complexity index is 345. The molecule has 5 nitrogen and oxygen atoms in total. The Hall–Kier alpha value is -1.52. The van der Waals surface area contributed by atoms with E-state index in [9.17, 15) is 9.59 Å². The molecule has 0 radical (unpaired) electrons. The van der Waals surface area contributed by atoms with Gasteiger partial charge in [-0.05, 0) is 33.6 Å². The van der Waals surface area contributed by atoms with Gasteiger partial charge in [-0.15, -0.1) is 6.58 Å². The van der Waals surface area contributed by atoms with Crippen LogP contribution in [0, 0.1) is 0 Å². The number of amides is 1. The summed E-state index contributed by atoms with van der Waals surface area (Å²) in [6.45, 7) is 9.06. The molecule has 1 amide bonds. The van der Waals surface area contributed by atoms with Crippen molar-refractivity contribution in [1.82, 2.24) is 4.90 Å². The van der Waals surface area contributed by atoms with Crippen molar-refractivity contribution in [2.45, 2.75) is 51.3 Å². The fraction of sp³-hybridized carbons (Fsp3) is 0.692. The van der Waals surface area contributed by atoms with E-state index in [2.05, 4.69) is 6.58 Å². The van der Waals surface area contributed by atoms with E-state index >= 15 is 0 Å². The zero-order valence-corrected chi connectivity index (χ0v) is 11.4. The predicted molar refractivity (Wildman–Crippen MR) is 67.1 cm³/mol. The molecule has 1 saturated heterocycles. The van der Waals surface area contributed by atoms with Gasteiger partial charge in [-0.2, -0.15) is 0 Å². The molecule has 0 aromatic carbocycles. The summed E-state index contributed by atoms with van der Waals surface area (Å²) >= 11 is 0. The summed E-state index contributed by atoms with van der Waals surface area (Å²) in [4.78, 5) is 25.2. The van der Waals surface area contributed by atoms with E-state index in [-0.39, 0.29) is 6.04 Å². The first-order valence-corrected chi connectivity index (χ1v) is 6.02. The number of methoxy groups -OCH3 is 1. The number of rotatable bonds is 2. The average molecular weight is 255 g/mol. The number of hydrogen-bond donors (Lipinski definition) is 0. The van der Waals surface area contributed by atoms with Crippen molar-refractivity contribution in [3.8, 4) is 0 Å². The molecule has 1 rings (SSSR count). The Labute approximate surface area is 108 Å². The van der Waals surface area contributed by atoms with Crippen LogP contribution in [0.25, 0.3) is 0 Å². The van der Waals surface area contributed by atoms with Gasteiger partial charge in [-0.25, -0.2) is 9.59 Å². The highest BCUT2D eigenvalue weighted by molar-refractivity contribution is 5.82. The molecule has 0 aliphatic carbocycles. The third kappa shape index (κ3) is 3.24. The van der Waals surface area contributed by atoms with Gasteiger partial charge in [-0.3, -0.25) is 4.90 Å². The number of carbonyl (C=O) groups excluding carboxylic acids is 2. The summed E-state index contributed by atoms with van der Waals surface area (Å²) in [5, 5.41) is 0. The number of hydrogen-bond acceptors (Lipinski definition) is 4. The van der Waals surface area contributed by atoms with Crippen LogP contribution in [0.5, 0.6) is 0 Å². The standard InChI is InChI=1S/C13H21NO4/c1-6-9-7-8-10(11(15)17-5)14(9)12(16)18-13(2,3)4/h6,9-10H,1,7-8H2,2-5H3/t9-,10-/m0/s1. The molecule has 1 heterocycles. The molecule has 5 heteroatoms. The van der Waals surface area contributed by atoms with E-state index in [1.807, 2.05) is 0 Å². The lowest BCUT2D eigenvalue weighted by Gasteiger charge is -2.30. The van der Waals surface area contributed by atoms with Crippen LogP contribution in [0.4, 0.5) is 4.79 Å². The number of nitrogens with zero attached hydrogens (tertiary/aromatic N) is 1. The second-order valence-corrected chi connectivity index (χ2v) is 5.31. The molecule has 18 heavy (non-hydrogen) atoms. The highest BCUT2D eigenvalue weighted by Crippen LogP contribution is 2.27. The molecule has 1 fully saturated rings. The van der Waals surface area contributed by atoms with Crippen LogP contribution in [0.15, 0.2) is 12.7 Å². The molecule has 0 unspecified atom stereocenters. The molecular weight excluding hydrogens is 234 g/mol. The molecule has 0 spiro atoms. The third-order valence-corrected chi connectivity index (χ3v) is 2.78. The zero-order valence-electron chi connectivity index (χ0n) is 11.4. The summed E-state index contributed by atoms with van der Waals surface area (Å²) in [6.07, 6.45) is 2.43. The minimum atomic E-state index is -0.591. The zero-order chi connectivity index (χ0) is 13.9. The summed E-state index contributed by atoms with van der Waals surface area (Å²) in [7, 11) is 1.32. The molecule has 102 valence electrons. The van der Waals surface area contributed by atoms with E-state index < -0.39 is 23.7 Å². The first-order chi connectivity index (χ1) is 8.30. The Balaban J connectivity index is 2.87. The molecule has 0 aromatic rings. The molecular formula is C13H21NO4. The maximum atomic E-state index is 12.1. The smallest absolute Gasteiger partial charge is 0.411 e. The van der Waals surface area contributed by atoms with Gasteiger partial charge in [0, 0.05) is 0 Å². The van der Waals surface area contributed by atoms with Gasteiger partial charge in [0.1, 0.15) is 11.6 Å². The largest absolute Gasteiger partial charge is 0.467 e. The van der Waals surface area contributed by atoms with Crippen LogP contribution in [-0.2, 0) is 14.3 Å². The third-order valence-electron chi connectivity index (χ3n) is 2.78. The lowest BCUT2D eigenvalue weighted by Crippen LogP contribution is -2.47. The first kappa shape index (κ1) is 14.5. The quantitative estimate of drug-likeness (QED) is 0.560. The predicted octanol–water partition coefficient (Wildman–Crippen LogP) is 2.11. The van der Waals surface area contributed by atoms with Crippen molar-refractivity contribution in [1.29, 1.82) is 0 Å². The number of ether oxygens (including phenoxy) is 2. The summed E-state index contributed by atoms with van der Waals surface area (Å²) in [5.41, 5.74) is -0.591. The van der Waals surface area contributed by atoms with Gasteiger partial charge >= 0.3 is 12.1 Å². The molecule has 0 N–H and O–H groups in total. The maximum Gasteiger partial charge on any atom is 0.411 e. The minimum absolute atomic E-state index is 0.177. The van der Waals surface area contributed by atoms with Crippen molar-refractivity contribution < 1.29 is 19.1 Å². The Morgan fingerprint density at radius 1 is 1.33 bits per heavy atom. The number of likely N-dealkylation sites (tertiary alicyclic amines) is 1. The van der Waals surface area contributed by atoms with Crippen LogP contribution in [0.1, 0.15) is 33.6 Å². The lowest BCUT2D eigenvalue weighted by molar-refractivity contribution is -0.146. The van der Waals surface area contributed by atoms with Crippen molar-refractivity contribution >= 4 is 12.1 Å². The highest BCUT2D eigenvalue weighted by Gasteiger charge is 2.42. The van der Waals surface area contributed by atoms with Gasteiger partial charge in [-0.1, -0.05) is 6.08 Å². The molecule has 0 saturated carbocycles. The molecule has 1 aliphatic heterocycles. The van der Waals surface area contributed by atoms with Crippen molar-refractivity contribution in [2.24, 2.45) is 0 Å². The SMILES string of the molecule is C=C[C@H]1CC[C@@H](C(=O)OC)N1C(=O)OC(C)(C)C. The van der Waals surface area contributed by atoms with Crippen molar-refractivity contribution in [2.75, 3.05) is 7.11 Å². The Morgan fingerprint density at radius 2 is 1.94 bits per heavy atom. The fourth-order valence-corrected chi connectivity index (χ4v) is 2.01. The summed E-state index contributed by atoms with van der Waals surface area (Å²) in [6, 6.07) is -0.753. The average Bonchev–Trinajstić information content (AvgIpc) is 2.69. The summed E-state index contributed by atoms with van der Waals surface area (Å²) < 4.78 is 10.0. The van der Waals surface area contributed by atoms with Gasteiger partial charge in [0.25, 0.3) is 0 Å². The second-order valence-electron chi connectivity index (χ2n) is 5.31. The topological polar surface area (TPSA) is 55.8 Å². The molecule has 0 aromatic heterocycles. The van der Waals surface area contributed by atoms with Crippen LogP contribution in [-0.4, -0.2) is 41.8 Å². The van der Waals surface area contributed by atoms with Gasteiger partial charge in [0.15, 0.2) is 0 Å². The fourth-order valence-electron chi connectivity index (χ4n) is 2.01. The van der Waals surface area contributed by atoms with Gasteiger partial charge in [0.05, 0.1) is 13.2 Å². The Morgan fingerprint density at radius 3 is 2.39 bits per heavy atom.